The quantitative estimate of drug-likeness (QED) is 0.396. The van der Waals surface area contributed by atoms with Gasteiger partial charge in [-0.2, -0.15) is 0 Å². The van der Waals surface area contributed by atoms with Gasteiger partial charge < -0.3 is 19.9 Å². The van der Waals surface area contributed by atoms with E-state index in [9.17, 15) is 4.79 Å². The largest absolute Gasteiger partial charge is 0.379 e. The number of unbranched alkanes of at least 4 members (excludes halogenated alkanes) is 1. The molecule has 2 aliphatic heterocycles. The molecule has 2 amide bonds. The second-order valence-corrected chi connectivity index (χ2v) is 10.9. The Balaban J connectivity index is 1.38. The Bertz CT molecular complexity index is 1260. The predicted molar refractivity (Wildman–Crippen MR) is 154 cm³/mol. The fourth-order valence-electron chi connectivity index (χ4n) is 5.52. The van der Waals surface area contributed by atoms with E-state index in [4.69, 9.17) is 9.72 Å². The maximum Gasteiger partial charge on any atom is 0.318 e. The van der Waals surface area contributed by atoms with Gasteiger partial charge in [0.15, 0.2) is 0 Å². The Morgan fingerprint density at radius 1 is 1.16 bits per heavy atom. The zero-order valence-electron chi connectivity index (χ0n) is 23.0. The molecule has 0 aliphatic carbocycles. The van der Waals surface area contributed by atoms with E-state index in [1.807, 2.05) is 24.9 Å². The molecule has 3 aromatic rings. The summed E-state index contributed by atoms with van der Waals surface area (Å²) in [5, 5.41) is 4.22. The second kappa shape index (κ2) is 12.1. The number of amides is 2. The van der Waals surface area contributed by atoms with Crippen molar-refractivity contribution in [1.29, 1.82) is 0 Å². The molecule has 0 spiro atoms. The van der Waals surface area contributed by atoms with Crippen molar-refractivity contribution in [3.8, 4) is 11.1 Å². The number of H-pyrrole nitrogens is 1. The third kappa shape index (κ3) is 6.11. The minimum Gasteiger partial charge on any atom is -0.379 e. The first-order chi connectivity index (χ1) is 18.5. The lowest BCUT2D eigenvalue weighted by Crippen LogP contribution is -2.49. The highest BCUT2D eigenvalue weighted by atomic mass is 16.5. The molecule has 38 heavy (non-hydrogen) atoms. The van der Waals surface area contributed by atoms with E-state index in [-0.39, 0.29) is 18.1 Å². The van der Waals surface area contributed by atoms with E-state index in [2.05, 4.69) is 64.7 Å². The van der Waals surface area contributed by atoms with Crippen molar-refractivity contribution in [1.82, 2.24) is 25.1 Å². The Morgan fingerprint density at radius 2 is 1.95 bits per heavy atom. The number of carbonyl (C=O) groups excluding carboxylic acids is 1. The number of rotatable bonds is 8. The first kappa shape index (κ1) is 26.4. The van der Waals surface area contributed by atoms with Gasteiger partial charge in [-0.05, 0) is 49.5 Å². The minimum atomic E-state index is 0.0383. The van der Waals surface area contributed by atoms with Crippen molar-refractivity contribution in [3.63, 3.8) is 0 Å². The zero-order chi connectivity index (χ0) is 26.5. The lowest BCUT2D eigenvalue weighted by atomic mass is 9.93. The van der Waals surface area contributed by atoms with E-state index >= 15 is 0 Å². The van der Waals surface area contributed by atoms with Gasteiger partial charge in [0.1, 0.15) is 5.65 Å². The summed E-state index contributed by atoms with van der Waals surface area (Å²) in [7, 11) is 0. The third-order valence-corrected chi connectivity index (χ3v) is 7.62. The van der Waals surface area contributed by atoms with Gasteiger partial charge in [-0.15, -0.1) is 0 Å². The summed E-state index contributed by atoms with van der Waals surface area (Å²) in [5.74, 6) is 0. The number of urea groups is 1. The van der Waals surface area contributed by atoms with Gasteiger partial charge in [0, 0.05) is 61.1 Å². The summed E-state index contributed by atoms with van der Waals surface area (Å²) < 4.78 is 5.47. The van der Waals surface area contributed by atoms with Crippen LogP contribution < -0.4 is 5.32 Å². The molecule has 0 saturated carbocycles. The lowest BCUT2D eigenvalue weighted by Gasteiger charge is -2.35. The number of pyridine rings is 1. The number of nitrogens with one attached hydrogen (secondary N) is 2. The summed E-state index contributed by atoms with van der Waals surface area (Å²) >= 11 is 0. The molecule has 1 fully saturated rings. The van der Waals surface area contributed by atoms with Crippen LogP contribution in [0.25, 0.3) is 27.7 Å². The Hall–Kier alpha value is -3.16. The monoisotopic (exact) mass is 515 g/mol. The van der Waals surface area contributed by atoms with Crippen LogP contribution in [0.15, 0.2) is 48.8 Å². The molecule has 2 aromatic heterocycles. The van der Waals surface area contributed by atoms with Crippen LogP contribution in [-0.4, -0.2) is 70.7 Å². The molecule has 2 aliphatic rings. The number of aromatic nitrogens is 2. The van der Waals surface area contributed by atoms with Crippen LogP contribution in [-0.2, 0) is 11.3 Å². The number of hydrogen-bond donors (Lipinski definition) is 2. The molecule has 7 heteroatoms. The molecule has 4 heterocycles. The molecule has 1 saturated heterocycles. The number of carbonyl (C=O) groups is 1. The Labute approximate surface area is 226 Å². The van der Waals surface area contributed by atoms with Crippen LogP contribution in [0, 0.1) is 0 Å². The number of ether oxygens (including phenoxy) is 1. The maximum atomic E-state index is 12.9. The highest BCUT2D eigenvalue weighted by Gasteiger charge is 2.27. The average Bonchev–Trinajstić information content (AvgIpc) is 3.36. The fourth-order valence-corrected chi connectivity index (χ4v) is 5.52. The van der Waals surface area contributed by atoms with E-state index in [0.717, 1.165) is 81.7 Å². The van der Waals surface area contributed by atoms with Crippen molar-refractivity contribution in [3.05, 3.63) is 59.9 Å². The van der Waals surface area contributed by atoms with Crippen molar-refractivity contribution >= 4 is 22.6 Å². The summed E-state index contributed by atoms with van der Waals surface area (Å²) in [6.45, 7) is 11.5. The van der Waals surface area contributed by atoms with Crippen LogP contribution in [0.2, 0.25) is 0 Å². The number of hydrogen-bond acceptors (Lipinski definition) is 4. The van der Waals surface area contributed by atoms with Gasteiger partial charge in [-0.25, -0.2) is 9.78 Å². The number of fused-ring (bicyclic) bond motifs is 1. The highest BCUT2D eigenvalue weighted by Crippen LogP contribution is 2.33. The van der Waals surface area contributed by atoms with Crippen molar-refractivity contribution in [2.75, 3.05) is 32.8 Å². The molecular weight excluding hydrogens is 474 g/mol. The Morgan fingerprint density at radius 3 is 2.68 bits per heavy atom. The lowest BCUT2D eigenvalue weighted by molar-refractivity contribution is 0.0342. The maximum absolute atomic E-state index is 12.9. The van der Waals surface area contributed by atoms with E-state index < -0.39 is 0 Å². The summed E-state index contributed by atoms with van der Waals surface area (Å²) in [4.78, 5) is 25.5. The fraction of sp³-hybridized carbons (Fsp3) is 0.484. The Kier molecular flexibility index (Phi) is 8.45. The molecular formula is C31H41N5O2. The number of aromatic amines is 1. The van der Waals surface area contributed by atoms with Gasteiger partial charge in [0.05, 0.1) is 19.3 Å². The van der Waals surface area contributed by atoms with E-state index in [1.165, 1.54) is 22.3 Å². The average molecular weight is 516 g/mol. The molecule has 0 bridgehead atoms. The van der Waals surface area contributed by atoms with Crippen molar-refractivity contribution < 1.29 is 9.53 Å². The molecule has 2 N–H and O–H groups in total. The number of morpholine rings is 1. The summed E-state index contributed by atoms with van der Waals surface area (Å²) in [6, 6.07) is 11.4. The van der Waals surface area contributed by atoms with Gasteiger partial charge >= 0.3 is 6.03 Å². The molecule has 7 nitrogen and oxygen atoms in total. The third-order valence-electron chi connectivity index (χ3n) is 7.62. The highest BCUT2D eigenvalue weighted by molar-refractivity contribution is 5.93. The molecule has 1 aromatic carbocycles. The van der Waals surface area contributed by atoms with Crippen LogP contribution in [0.1, 0.15) is 57.6 Å². The summed E-state index contributed by atoms with van der Waals surface area (Å²) in [5.41, 5.74) is 7.01. The molecule has 202 valence electrons. The van der Waals surface area contributed by atoms with Gasteiger partial charge in [0.2, 0.25) is 0 Å². The molecule has 1 unspecified atom stereocenters. The second-order valence-electron chi connectivity index (χ2n) is 10.9. The molecule has 1 atom stereocenters. The van der Waals surface area contributed by atoms with E-state index in [0.29, 0.717) is 0 Å². The van der Waals surface area contributed by atoms with Crippen molar-refractivity contribution in [2.45, 2.75) is 65.1 Å². The normalized spacial score (nSPS) is 18.7. The SMILES string of the molecule is CCCCC1C=C(c2c[nH]c3ncc(-c4ccc(CN5CCOCC5)cc4)cc23)CCN1C(=O)NC(C)C. The van der Waals surface area contributed by atoms with Gasteiger partial charge in [-0.3, -0.25) is 4.90 Å². The standard InChI is InChI=1S/C31H41N5O2/c1-4-5-6-27-17-25(11-12-36(27)31(37)34-22(2)3)29-20-33-30-28(29)18-26(19-32-30)24-9-7-23(8-10-24)21-35-13-15-38-16-14-35/h7-10,17-20,22,27H,4-6,11-16,21H2,1-3H3,(H,32,33)(H,34,37). The van der Waals surface area contributed by atoms with Crippen LogP contribution >= 0.6 is 0 Å². The first-order valence-electron chi connectivity index (χ1n) is 14.2. The van der Waals surface area contributed by atoms with Crippen LogP contribution in [0.5, 0.6) is 0 Å². The molecule has 0 radical (unpaired) electrons. The topological polar surface area (TPSA) is 73.5 Å². The first-order valence-corrected chi connectivity index (χ1v) is 14.2. The predicted octanol–water partition coefficient (Wildman–Crippen LogP) is 5.83. The zero-order valence-corrected chi connectivity index (χ0v) is 23.0. The molecule has 5 rings (SSSR count). The number of nitrogens with zero attached hydrogens (tertiary/aromatic N) is 3. The van der Waals surface area contributed by atoms with Crippen molar-refractivity contribution in [2.24, 2.45) is 0 Å². The van der Waals surface area contributed by atoms with Gasteiger partial charge in [0.25, 0.3) is 0 Å². The van der Waals surface area contributed by atoms with Crippen LogP contribution in [0.4, 0.5) is 4.79 Å². The van der Waals surface area contributed by atoms with Crippen LogP contribution in [0.3, 0.4) is 0 Å². The summed E-state index contributed by atoms with van der Waals surface area (Å²) in [6.07, 6.45) is 10.4. The number of benzene rings is 1. The van der Waals surface area contributed by atoms with Gasteiger partial charge in [-0.1, -0.05) is 50.1 Å². The minimum absolute atomic E-state index is 0.0383. The van der Waals surface area contributed by atoms with E-state index in [1.54, 1.807) is 0 Å². The smallest absolute Gasteiger partial charge is 0.318 e.